The predicted octanol–water partition coefficient (Wildman–Crippen LogP) is 2.30. The number of nitrogens with zero attached hydrogens (tertiary/aromatic N) is 1. The van der Waals surface area contributed by atoms with Crippen molar-refractivity contribution < 1.29 is 4.79 Å². The molecule has 0 aromatic heterocycles. The van der Waals surface area contributed by atoms with E-state index in [4.69, 9.17) is 6.42 Å². The summed E-state index contributed by atoms with van der Waals surface area (Å²) in [5.41, 5.74) is 4.09. The monoisotopic (exact) mass is 323 g/mol. The Morgan fingerprint density at radius 1 is 1.42 bits per heavy atom. The topological polar surface area (TPSA) is 44.4 Å². The molecule has 126 valence electrons. The van der Waals surface area contributed by atoms with E-state index in [1.807, 2.05) is 6.92 Å². The van der Waals surface area contributed by atoms with Gasteiger partial charge < -0.3 is 5.32 Å². The van der Waals surface area contributed by atoms with Crippen molar-refractivity contribution in [3.8, 4) is 12.5 Å². The summed E-state index contributed by atoms with van der Waals surface area (Å²) in [6, 6.07) is 11.3. The van der Waals surface area contributed by atoms with Gasteiger partial charge in [0.15, 0.2) is 0 Å². The number of carbonyl (C=O) groups is 1. The van der Waals surface area contributed by atoms with Gasteiger partial charge in [0.1, 0.15) is 0 Å². The second kappa shape index (κ2) is 6.70. The first-order valence-corrected chi connectivity index (χ1v) is 8.52. The van der Waals surface area contributed by atoms with Gasteiger partial charge in [-0.15, -0.1) is 0 Å². The number of hydrogen-bond donors (Lipinski definition) is 2. The van der Waals surface area contributed by atoms with Gasteiger partial charge in [0.2, 0.25) is 5.91 Å². The van der Waals surface area contributed by atoms with Crippen molar-refractivity contribution in [3.63, 3.8) is 0 Å². The maximum atomic E-state index is 11.7. The van der Waals surface area contributed by atoms with Gasteiger partial charge >= 0.3 is 0 Å². The number of fused-ring (bicyclic) bond motifs is 2. The smallest absolute Gasteiger partial charge is 0.245 e. The van der Waals surface area contributed by atoms with Crippen LogP contribution in [0.15, 0.2) is 36.5 Å². The fraction of sp³-hybridized carbons (Fsp3) is 0.450. The van der Waals surface area contributed by atoms with Gasteiger partial charge in [-0.05, 0) is 50.4 Å². The maximum Gasteiger partial charge on any atom is 0.245 e. The largest absolute Gasteiger partial charge is 0.382 e. The van der Waals surface area contributed by atoms with Crippen molar-refractivity contribution in [2.24, 2.45) is 0 Å². The average molecular weight is 323 g/mol. The third kappa shape index (κ3) is 3.18. The number of nitrogens with one attached hydrogen (secondary N) is 2. The first-order valence-electron chi connectivity index (χ1n) is 8.52. The third-order valence-corrected chi connectivity index (χ3v) is 5.32. The van der Waals surface area contributed by atoms with Crippen LogP contribution in [0.1, 0.15) is 43.4 Å². The molecule has 0 bridgehead atoms. The number of rotatable bonds is 4. The summed E-state index contributed by atoms with van der Waals surface area (Å²) >= 11 is 0. The molecule has 1 saturated heterocycles. The molecule has 0 saturated carbocycles. The highest BCUT2D eigenvalue weighted by molar-refractivity contribution is 5.79. The van der Waals surface area contributed by atoms with Crippen molar-refractivity contribution in [1.29, 1.82) is 0 Å². The lowest BCUT2D eigenvalue weighted by Crippen LogP contribution is -2.45. The Morgan fingerprint density at radius 3 is 2.79 bits per heavy atom. The molecule has 1 aromatic rings. The summed E-state index contributed by atoms with van der Waals surface area (Å²) in [4.78, 5) is 13.9. The minimum atomic E-state index is -0.0953. The van der Waals surface area contributed by atoms with Crippen molar-refractivity contribution in [2.45, 2.75) is 37.6 Å². The number of piperidine rings is 1. The van der Waals surface area contributed by atoms with Crippen molar-refractivity contribution in [2.75, 3.05) is 19.6 Å². The van der Waals surface area contributed by atoms with Crippen LogP contribution in [0, 0.1) is 12.5 Å². The van der Waals surface area contributed by atoms with E-state index in [1.54, 1.807) is 0 Å². The molecule has 2 N–H and O–H groups in total. The number of amides is 1. The molecule has 24 heavy (non-hydrogen) atoms. The fourth-order valence-corrected chi connectivity index (χ4v) is 4.26. The van der Waals surface area contributed by atoms with Gasteiger partial charge in [0.05, 0.1) is 12.6 Å². The maximum absolute atomic E-state index is 11.7. The van der Waals surface area contributed by atoms with E-state index in [9.17, 15) is 4.79 Å². The van der Waals surface area contributed by atoms with E-state index < -0.39 is 0 Å². The lowest BCUT2D eigenvalue weighted by atomic mass is 9.73. The summed E-state index contributed by atoms with van der Waals surface area (Å²) in [5, 5.41) is 5.96. The van der Waals surface area contributed by atoms with Gasteiger partial charge in [0, 0.05) is 17.2 Å². The second-order valence-electron chi connectivity index (χ2n) is 7.02. The Kier molecular flexibility index (Phi) is 4.64. The summed E-state index contributed by atoms with van der Waals surface area (Å²) in [7, 11) is 0. The molecule has 2 aliphatic rings. The van der Waals surface area contributed by atoms with Crippen LogP contribution in [0.4, 0.5) is 0 Å². The van der Waals surface area contributed by atoms with Crippen molar-refractivity contribution >= 4 is 5.91 Å². The molecule has 0 unspecified atom stereocenters. The highest BCUT2D eigenvalue weighted by Crippen LogP contribution is 2.50. The number of benzene rings is 1. The third-order valence-electron chi connectivity index (χ3n) is 5.32. The van der Waals surface area contributed by atoms with Gasteiger partial charge in [-0.25, -0.2) is 0 Å². The Labute approximate surface area is 144 Å². The molecular weight excluding hydrogens is 298 g/mol. The fourth-order valence-electron chi connectivity index (χ4n) is 4.26. The van der Waals surface area contributed by atoms with Gasteiger partial charge in [0.25, 0.3) is 0 Å². The number of hydrogen-bond acceptors (Lipinski definition) is 3. The Bertz CT molecular complexity index is 680. The van der Waals surface area contributed by atoms with E-state index in [0.717, 1.165) is 38.0 Å². The van der Waals surface area contributed by atoms with Crippen LogP contribution in [0.25, 0.3) is 0 Å². The van der Waals surface area contributed by atoms with Crippen LogP contribution in [-0.2, 0) is 10.2 Å². The minimum absolute atomic E-state index is 0.0953. The summed E-state index contributed by atoms with van der Waals surface area (Å²) < 4.78 is 0. The van der Waals surface area contributed by atoms with Crippen molar-refractivity contribution in [1.82, 2.24) is 15.5 Å². The number of allylic oxidation sites excluding steroid dienone is 1. The number of terminal acetylenes is 1. The Balaban J connectivity index is 1.73. The minimum Gasteiger partial charge on any atom is -0.382 e. The number of carbonyl (C=O) groups excluding carboxylic acids is 1. The van der Waals surface area contributed by atoms with Crippen LogP contribution in [-0.4, -0.2) is 30.4 Å². The molecule has 1 aliphatic carbocycles. The zero-order chi connectivity index (χ0) is 17.2. The standard InChI is InChI=1S/C20H25N3O/c1-4-21-19(24)14-23-11-9-20(10-12-23)13-18(22-15(2)3)16-7-5-6-8-17(16)20/h1,5-8,18,22H,2,9-14H2,3H3,(H,21,24)/t18-/m0/s1. The summed E-state index contributed by atoms with van der Waals surface area (Å²) in [6.45, 7) is 8.25. The molecule has 1 aliphatic heterocycles. The normalized spacial score (nSPS) is 21.8. The average Bonchev–Trinajstić information content (AvgIpc) is 2.84. The molecular formula is C20H25N3O. The molecule has 4 nitrogen and oxygen atoms in total. The molecule has 1 aromatic carbocycles. The van der Waals surface area contributed by atoms with Crippen LogP contribution in [0.5, 0.6) is 0 Å². The second-order valence-corrected chi connectivity index (χ2v) is 7.02. The van der Waals surface area contributed by atoms with Crippen molar-refractivity contribution in [3.05, 3.63) is 47.7 Å². The van der Waals surface area contributed by atoms with E-state index in [2.05, 4.69) is 52.4 Å². The quantitative estimate of drug-likeness (QED) is 0.660. The van der Waals surface area contributed by atoms with Gasteiger partial charge in [-0.3, -0.25) is 15.0 Å². The van der Waals surface area contributed by atoms with Crippen LogP contribution in [0.2, 0.25) is 0 Å². The molecule has 1 heterocycles. The summed E-state index contributed by atoms with van der Waals surface area (Å²) in [5.74, 6) is -0.0953. The molecule has 1 spiro atoms. The van der Waals surface area contributed by atoms with Crippen LogP contribution >= 0.6 is 0 Å². The highest BCUT2D eigenvalue weighted by atomic mass is 16.1. The van der Waals surface area contributed by atoms with E-state index in [1.165, 1.54) is 11.1 Å². The zero-order valence-corrected chi connectivity index (χ0v) is 14.3. The zero-order valence-electron chi connectivity index (χ0n) is 14.3. The molecule has 1 amide bonds. The van der Waals surface area contributed by atoms with E-state index in [0.29, 0.717) is 12.6 Å². The lowest BCUT2D eigenvalue weighted by molar-refractivity contribution is -0.121. The van der Waals surface area contributed by atoms with E-state index in [-0.39, 0.29) is 11.3 Å². The molecule has 0 radical (unpaired) electrons. The molecule has 1 fully saturated rings. The first kappa shape index (κ1) is 16.6. The number of likely N-dealkylation sites (tertiary alicyclic amines) is 1. The van der Waals surface area contributed by atoms with E-state index >= 15 is 0 Å². The lowest BCUT2D eigenvalue weighted by Gasteiger charge is -2.40. The SMILES string of the molecule is C#CNC(=O)CN1CCC2(CC1)C[C@H](NC(=C)C)c1ccccc12. The van der Waals surface area contributed by atoms with Gasteiger partial charge in [-0.2, -0.15) is 0 Å². The highest BCUT2D eigenvalue weighted by Gasteiger charge is 2.45. The first-order chi connectivity index (χ1) is 11.5. The predicted molar refractivity (Wildman–Crippen MR) is 96.1 cm³/mol. The Hall–Kier alpha value is -2.25. The Morgan fingerprint density at radius 2 is 2.12 bits per heavy atom. The van der Waals surface area contributed by atoms with Gasteiger partial charge in [-0.1, -0.05) is 37.3 Å². The van der Waals surface area contributed by atoms with Crippen LogP contribution in [0.3, 0.4) is 0 Å². The van der Waals surface area contributed by atoms with Crippen LogP contribution < -0.4 is 10.6 Å². The molecule has 1 atom stereocenters. The molecule has 4 heteroatoms. The summed E-state index contributed by atoms with van der Waals surface area (Å²) in [6.07, 6.45) is 8.37. The molecule has 3 rings (SSSR count).